The Kier molecular flexibility index (Phi) is 3.23. The van der Waals surface area contributed by atoms with Crippen LogP contribution in [0.2, 0.25) is 0 Å². The van der Waals surface area contributed by atoms with Crippen LogP contribution < -0.4 is 4.74 Å². The molecule has 1 aliphatic heterocycles. The molecule has 0 radical (unpaired) electrons. The summed E-state index contributed by atoms with van der Waals surface area (Å²) in [6.45, 7) is 4.59. The number of likely N-dealkylation sites (N-methyl/N-ethyl adjacent to an activating group) is 1. The number of likely N-dealkylation sites (tertiary alicyclic amines) is 1. The maximum Gasteiger partial charge on any atom is 0.138 e. The fourth-order valence-electron chi connectivity index (χ4n) is 1.88. The van der Waals surface area contributed by atoms with E-state index in [1.807, 2.05) is 30.3 Å². The molecular weight excluding hydrogens is 190 g/mol. The zero-order chi connectivity index (χ0) is 10.7. The minimum atomic E-state index is -0.370. The van der Waals surface area contributed by atoms with Crippen LogP contribution in [0.15, 0.2) is 30.3 Å². The fourth-order valence-corrected chi connectivity index (χ4v) is 1.88. The average Bonchev–Trinajstić information content (AvgIpc) is 2.61. The highest BCUT2D eigenvalue weighted by Gasteiger charge is 2.31. The Bertz CT molecular complexity index is 302. The van der Waals surface area contributed by atoms with E-state index >= 15 is 0 Å². The lowest BCUT2D eigenvalue weighted by Gasteiger charge is -2.16. The van der Waals surface area contributed by atoms with Crippen molar-refractivity contribution in [3.8, 4) is 5.75 Å². The lowest BCUT2D eigenvalue weighted by molar-refractivity contribution is 0.0737. The number of benzene rings is 1. The molecule has 0 saturated carbocycles. The third kappa shape index (κ3) is 2.49. The summed E-state index contributed by atoms with van der Waals surface area (Å²) in [7, 11) is 0. The molecule has 15 heavy (non-hydrogen) atoms. The van der Waals surface area contributed by atoms with Crippen LogP contribution >= 0.6 is 0 Å². The number of nitrogens with zero attached hydrogens (tertiary/aromatic N) is 1. The molecule has 1 N–H and O–H groups in total. The zero-order valence-electron chi connectivity index (χ0n) is 8.97. The second-order valence-electron chi connectivity index (χ2n) is 3.89. The molecule has 1 aromatic rings. The maximum atomic E-state index is 9.79. The molecule has 82 valence electrons. The van der Waals surface area contributed by atoms with E-state index in [2.05, 4.69) is 11.8 Å². The summed E-state index contributed by atoms with van der Waals surface area (Å²) in [6.07, 6.45) is -0.461. The predicted molar refractivity (Wildman–Crippen MR) is 59.0 cm³/mol. The first-order valence-corrected chi connectivity index (χ1v) is 5.41. The third-order valence-electron chi connectivity index (χ3n) is 2.79. The van der Waals surface area contributed by atoms with Crippen molar-refractivity contribution in [2.75, 3.05) is 19.6 Å². The van der Waals surface area contributed by atoms with Gasteiger partial charge in [0.05, 0.1) is 0 Å². The van der Waals surface area contributed by atoms with Gasteiger partial charge in [0.15, 0.2) is 0 Å². The Morgan fingerprint density at radius 3 is 2.67 bits per heavy atom. The first-order chi connectivity index (χ1) is 7.29. The Morgan fingerprint density at radius 1 is 1.33 bits per heavy atom. The van der Waals surface area contributed by atoms with Crippen LogP contribution in [0.3, 0.4) is 0 Å². The summed E-state index contributed by atoms with van der Waals surface area (Å²) in [6, 6.07) is 9.67. The van der Waals surface area contributed by atoms with E-state index in [4.69, 9.17) is 4.74 Å². The summed E-state index contributed by atoms with van der Waals surface area (Å²) < 4.78 is 5.73. The minimum Gasteiger partial charge on any atom is -0.486 e. The van der Waals surface area contributed by atoms with Gasteiger partial charge in [0.25, 0.3) is 0 Å². The van der Waals surface area contributed by atoms with Crippen molar-refractivity contribution in [3.05, 3.63) is 30.3 Å². The van der Waals surface area contributed by atoms with E-state index in [0.29, 0.717) is 6.54 Å². The first-order valence-electron chi connectivity index (χ1n) is 5.41. The first kappa shape index (κ1) is 10.5. The number of β-amino-alcohol motifs (C(OH)–C–C–N with tert-alkyl or cyclic N) is 1. The van der Waals surface area contributed by atoms with E-state index in [1.54, 1.807) is 0 Å². The summed E-state index contributed by atoms with van der Waals surface area (Å²) in [5.74, 6) is 0.833. The quantitative estimate of drug-likeness (QED) is 0.806. The van der Waals surface area contributed by atoms with Crippen LogP contribution in [0, 0.1) is 0 Å². The highest BCUT2D eigenvalue weighted by atomic mass is 16.5. The number of para-hydroxylation sites is 1. The van der Waals surface area contributed by atoms with E-state index in [1.165, 1.54) is 0 Å². The fraction of sp³-hybridized carbons (Fsp3) is 0.500. The lowest BCUT2D eigenvalue weighted by atomic mass is 10.2. The lowest BCUT2D eigenvalue weighted by Crippen LogP contribution is -2.29. The molecular formula is C12H17NO2. The normalized spacial score (nSPS) is 26.8. The van der Waals surface area contributed by atoms with Crippen LogP contribution in [0.4, 0.5) is 0 Å². The highest BCUT2D eigenvalue weighted by Crippen LogP contribution is 2.17. The minimum absolute atomic E-state index is 0.0904. The second-order valence-corrected chi connectivity index (χ2v) is 3.89. The summed E-state index contributed by atoms with van der Waals surface area (Å²) >= 11 is 0. The Balaban J connectivity index is 1.96. The summed E-state index contributed by atoms with van der Waals surface area (Å²) in [5.41, 5.74) is 0. The van der Waals surface area contributed by atoms with Gasteiger partial charge in [-0.25, -0.2) is 0 Å². The number of aliphatic hydroxyl groups is 1. The van der Waals surface area contributed by atoms with Gasteiger partial charge in [-0.3, -0.25) is 4.90 Å². The molecule has 1 heterocycles. The summed E-state index contributed by atoms with van der Waals surface area (Å²) in [5, 5.41) is 9.79. The molecule has 0 amide bonds. The van der Waals surface area contributed by atoms with Crippen LogP contribution in [0.1, 0.15) is 6.92 Å². The van der Waals surface area contributed by atoms with Gasteiger partial charge < -0.3 is 9.84 Å². The van der Waals surface area contributed by atoms with Crippen molar-refractivity contribution in [3.63, 3.8) is 0 Å². The van der Waals surface area contributed by atoms with Crippen molar-refractivity contribution in [2.24, 2.45) is 0 Å². The van der Waals surface area contributed by atoms with Gasteiger partial charge in [0.1, 0.15) is 18.0 Å². The molecule has 3 nitrogen and oxygen atoms in total. The zero-order valence-corrected chi connectivity index (χ0v) is 8.97. The standard InChI is InChI=1S/C12H17NO2/c1-2-13-8-11(14)12(9-13)15-10-6-4-3-5-7-10/h3-7,11-12,14H,2,8-9H2,1H3/t11-,12-/m0/s1. The van der Waals surface area contributed by atoms with Gasteiger partial charge in [0.2, 0.25) is 0 Å². The van der Waals surface area contributed by atoms with E-state index < -0.39 is 0 Å². The maximum absolute atomic E-state index is 9.79. The Morgan fingerprint density at radius 2 is 2.07 bits per heavy atom. The highest BCUT2D eigenvalue weighted by molar-refractivity contribution is 5.21. The number of hydrogen-bond acceptors (Lipinski definition) is 3. The molecule has 0 bridgehead atoms. The summed E-state index contributed by atoms with van der Waals surface area (Å²) in [4.78, 5) is 2.19. The van der Waals surface area contributed by atoms with Crippen molar-refractivity contribution in [1.29, 1.82) is 0 Å². The van der Waals surface area contributed by atoms with E-state index in [0.717, 1.165) is 18.8 Å². The van der Waals surface area contributed by atoms with Crippen LogP contribution in [-0.4, -0.2) is 41.8 Å². The van der Waals surface area contributed by atoms with Crippen LogP contribution in [0.5, 0.6) is 5.75 Å². The van der Waals surface area contributed by atoms with Crippen molar-refractivity contribution in [2.45, 2.75) is 19.1 Å². The molecule has 0 aromatic heterocycles. The monoisotopic (exact) mass is 207 g/mol. The van der Waals surface area contributed by atoms with E-state index in [9.17, 15) is 5.11 Å². The number of rotatable bonds is 3. The van der Waals surface area contributed by atoms with Gasteiger partial charge in [-0.05, 0) is 18.7 Å². The number of aliphatic hydroxyl groups excluding tert-OH is 1. The molecule has 0 aliphatic carbocycles. The molecule has 1 saturated heterocycles. The molecule has 0 unspecified atom stereocenters. The van der Waals surface area contributed by atoms with Gasteiger partial charge in [-0.2, -0.15) is 0 Å². The van der Waals surface area contributed by atoms with Crippen LogP contribution in [-0.2, 0) is 0 Å². The molecule has 1 fully saturated rings. The smallest absolute Gasteiger partial charge is 0.138 e. The van der Waals surface area contributed by atoms with Crippen molar-refractivity contribution in [1.82, 2.24) is 4.90 Å². The molecule has 1 aromatic carbocycles. The number of hydrogen-bond donors (Lipinski definition) is 1. The van der Waals surface area contributed by atoms with Gasteiger partial charge >= 0.3 is 0 Å². The van der Waals surface area contributed by atoms with Gasteiger partial charge in [0, 0.05) is 13.1 Å². The van der Waals surface area contributed by atoms with E-state index in [-0.39, 0.29) is 12.2 Å². The van der Waals surface area contributed by atoms with Crippen molar-refractivity contribution < 1.29 is 9.84 Å². The number of ether oxygens (including phenoxy) is 1. The SMILES string of the molecule is CCN1C[C@H](Oc2ccccc2)[C@@H](O)C1. The van der Waals surface area contributed by atoms with Gasteiger partial charge in [-0.1, -0.05) is 25.1 Å². The Labute approximate surface area is 90.3 Å². The molecule has 2 rings (SSSR count). The topological polar surface area (TPSA) is 32.7 Å². The molecule has 1 aliphatic rings. The molecule has 3 heteroatoms. The van der Waals surface area contributed by atoms with Crippen molar-refractivity contribution >= 4 is 0 Å². The Hall–Kier alpha value is -1.06. The third-order valence-corrected chi connectivity index (χ3v) is 2.79. The molecule has 2 atom stereocenters. The largest absolute Gasteiger partial charge is 0.486 e. The van der Waals surface area contributed by atoms with Crippen LogP contribution in [0.25, 0.3) is 0 Å². The molecule has 0 spiro atoms. The average molecular weight is 207 g/mol. The second kappa shape index (κ2) is 4.64. The predicted octanol–water partition coefficient (Wildman–Crippen LogP) is 1.13. The van der Waals surface area contributed by atoms with Gasteiger partial charge in [-0.15, -0.1) is 0 Å².